The molecule has 0 saturated carbocycles. The summed E-state index contributed by atoms with van der Waals surface area (Å²) in [5, 5.41) is 14.9. The third kappa shape index (κ3) is 4.67. The Kier molecular flexibility index (Phi) is 6.43. The van der Waals surface area contributed by atoms with Crippen LogP contribution in [0.15, 0.2) is 18.5 Å². The number of aromatic nitrogens is 2. The fourth-order valence-electron chi connectivity index (χ4n) is 4.73. The first-order valence-electron chi connectivity index (χ1n) is 11.5. The van der Waals surface area contributed by atoms with Gasteiger partial charge in [-0.15, -0.1) is 11.3 Å². The van der Waals surface area contributed by atoms with Crippen LogP contribution in [0.5, 0.6) is 5.75 Å². The second-order valence-electron chi connectivity index (χ2n) is 8.94. The molecule has 1 aliphatic heterocycles. The number of nitrogens with zero attached hydrogens (tertiary/aromatic N) is 3. The van der Waals surface area contributed by atoms with Crippen molar-refractivity contribution in [3.8, 4) is 5.75 Å². The predicted octanol–water partition coefficient (Wildman–Crippen LogP) is 2.67. The second-order valence-corrected chi connectivity index (χ2v) is 12.2. The maximum atomic E-state index is 12.7. The molecule has 13 heteroatoms. The molecule has 1 unspecified atom stereocenters. The number of amides is 2. The van der Waals surface area contributed by atoms with Crippen LogP contribution in [0.4, 0.5) is 22.0 Å². The van der Waals surface area contributed by atoms with Crippen LogP contribution in [0.1, 0.15) is 28.8 Å². The number of benzene rings is 1. The Morgan fingerprint density at radius 2 is 2.19 bits per heavy atom. The van der Waals surface area contributed by atoms with E-state index in [9.17, 15) is 13.2 Å². The smallest absolute Gasteiger partial charge is 0.318 e. The van der Waals surface area contributed by atoms with Crippen LogP contribution < -0.4 is 21.1 Å². The molecule has 36 heavy (non-hydrogen) atoms. The highest BCUT2D eigenvalue weighted by Gasteiger charge is 2.30. The van der Waals surface area contributed by atoms with E-state index in [0.29, 0.717) is 47.9 Å². The van der Waals surface area contributed by atoms with E-state index < -0.39 is 9.84 Å². The summed E-state index contributed by atoms with van der Waals surface area (Å²) in [4.78, 5) is 25.0. The number of hydrogen-bond donors (Lipinski definition) is 4. The number of anilines is 3. The molecule has 1 aromatic carbocycles. The van der Waals surface area contributed by atoms with E-state index in [0.717, 1.165) is 33.5 Å². The fourth-order valence-corrected chi connectivity index (χ4v) is 7.41. The number of carbonyl (C=O) groups is 1. The van der Waals surface area contributed by atoms with Gasteiger partial charge in [0.2, 0.25) is 0 Å². The molecule has 1 atom stereocenters. The first kappa shape index (κ1) is 24.3. The van der Waals surface area contributed by atoms with Crippen molar-refractivity contribution in [3.63, 3.8) is 0 Å². The fraction of sp³-hybridized carbons (Fsp3) is 0.391. The zero-order valence-corrected chi connectivity index (χ0v) is 21.3. The van der Waals surface area contributed by atoms with Crippen LogP contribution in [0.2, 0.25) is 0 Å². The van der Waals surface area contributed by atoms with Gasteiger partial charge >= 0.3 is 6.03 Å². The van der Waals surface area contributed by atoms with Gasteiger partial charge in [-0.25, -0.2) is 23.2 Å². The summed E-state index contributed by atoms with van der Waals surface area (Å²) in [7, 11) is -1.65. The van der Waals surface area contributed by atoms with Gasteiger partial charge in [-0.1, -0.05) is 0 Å². The molecule has 11 nitrogen and oxygen atoms in total. The van der Waals surface area contributed by atoms with Crippen LogP contribution in [0.25, 0.3) is 10.2 Å². The number of ether oxygens (including phenoxy) is 1. The molecule has 2 aliphatic rings. The topological polar surface area (TPSA) is 163 Å². The number of urea groups is 1. The summed E-state index contributed by atoms with van der Waals surface area (Å²) in [5.74, 6) is 1.08. The SMILES string of the molecule is COc1cc(N)c(C=N)cc1Nc1ncnc2sc3c(c12)CCC(NC(=O)N1CCCS(=O)(=O)C1)C3. The molecule has 0 spiro atoms. The second kappa shape index (κ2) is 9.54. The van der Waals surface area contributed by atoms with Gasteiger partial charge in [0.05, 0.1) is 23.9 Å². The summed E-state index contributed by atoms with van der Waals surface area (Å²) in [6, 6.07) is 3.01. The molecule has 5 N–H and O–H groups in total. The number of nitrogens with two attached hydrogens (primary N) is 1. The van der Waals surface area contributed by atoms with Gasteiger partial charge in [0.15, 0.2) is 9.84 Å². The molecule has 1 saturated heterocycles. The lowest BCUT2D eigenvalue weighted by Crippen LogP contribution is -2.50. The van der Waals surface area contributed by atoms with Gasteiger partial charge < -0.3 is 31.4 Å². The maximum Gasteiger partial charge on any atom is 0.318 e. The Bertz CT molecular complexity index is 1450. The van der Waals surface area contributed by atoms with Gasteiger partial charge in [-0.05, 0) is 30.9 Å². The van der Waals surface area contributed by atoms with E-state index in [-0.39, 0.29) is 23.7 Å². The van der Waals surface area contributed by atoms with Crippen molar-refractivity contribution in [2.24, 2.45) is 0 Å². The number of aryl methyl sites for hydroxylation is 1. The molecule has 1 fully saturated rings. The average molecular weight is 530 g/mol. The highest BCUT2D eigenvalue weighted by atomic mass is 32.2. The lowest BCUT2D eigenvalue weighted by atomic mass is 9.93. The molecular formula is C23H27N7O4S2. The number of rotatable bonds is 5. The molecule has 0 radical (unpaired) electrons. The molecule has 2 aromatic heterocycles. The van der Waals surface area contributed by atoms with E-state index in [1.54, 1.807) is 30.6 Å². The maximum absolute atomic E-state index is 12.7. The highest BCUT2D eigenvalue weighted by Crippen LogP contribution is 2.40. The van der Waals surface area contributed by atoms with Gasteiger partial charge in [-0.3, -0.25) is 0 Å². The highest BCUT2D eigenvalue weighted by molar-refractivity contribution is 7.91. The molecule has 190 valence electrons. The van der Waals surface area contributed by atoms with E-state index in [2.05, 4.69) is 20.6 Å². The molecule has 2 amide bonds. The van der Waals surface area contributed by atoms with E-state index in [1.807, 2.05) is 0 Å². The quantitative estimate of drug-likeness (QED) is 0.289. The van der Waals surface area contributed by atoms with Gasteiger partial charge in [0.25, 0.3) is 0 Å². The molecule has 1 aliphatic carbocycles. The monoisotopic (exact) mass is 529 g/mol. The van der Waals surface area contributed by atoms with E-state index in [1.165, 1.54) is 17.4 Å². The van der Waals surface area contributed by atoms with Crippen LogP contribution in [0.3, 0.4) is 0 Å². The van der Waals surface area contributed by atoms with Crippen LogP contribution in [-0.4, -0.2) is 66.9 Å². The summed E-state index contributed by atoms with van der Waals surface area (Å²) in [6.07, 6.45) is 5.26. The van der Waals surface area contributed by atoms with Gasteiger partial charge in [0, 0.05) is 47.4 Å². The number of carbonyl (C=O) groups excluding carboxylic acids is 1. The minimum atomic E-state index is -3.21. The lowest BCUT2D eigenvalue weighted by molar-refractivity contribution is 0.198. The van der Waals surface area contributed by atoms with Crippen molar-refractivity contribution in [1.29, 1.82) is 5.41 Å². The number of nitrogen functional groups attached to an aromatic ring is 1. The number of methoxy groups -OCH3 is 1. The Morgan fingerprint density at radius 3 is 2.94 bits per heavy atom. The molecule has 0 bridgehead atoms. The molecule has 5 rings (SSSR count). The summed E-state index contributed by atoms with van der Waals surface area (Å²) >= 11 is 1.57. The third-order valence-electron chi connectivity index (χ3n) is 6.51. The molecular weight excluding hydrogens is 502 g/mol. The lowest BCUT2D eigenvalue weighted by Gasteiger charge is -2.30. The van der Waals surface area contributed by atoms with Crippen molar-refractivity contribution in [2.45, 2.75) is 31.7 Å². The third-order valence-corrected chi connectivity index (χ3v) is 9.29. The minimum absolute atomic E-state index is 0.0839. The van der Waals surface area contributed by atoms with Crippen LogP contribution >= 0.6 is 11.3 Å². The van der Waals surface area contributed by atoms with E-state index in [4.69, 9.17) is 15.9 Å². The summed E-state index contributed by atoms with van der Waals surface area (Å²) < 4.78 is 29.3. The van der Waals surface area contributed by atoms with Crippen molar-refractivity contribution in [3.05, 3.63) is 34.5 Å². The molecule has 3 heterocycles. The summed E-state index contributed by atoms with van der Waals surface area (Å²) in [5.41, 5.74) is 8.80. The minimum Gasteiger partial charge on any atom is -0.494 e. The first-order valence-corrected chi connectivity index (χ1v) is 14.2. The van der Waals surface area contributed by atoms with Crippen molar-refractivity contribution >= 4 is 60.8 Å². The summed E-state index contributed by atoms with van der Waals surface area (Å²) in [6.45, 7) is 0.449. The van der Waals surface area contributed by atoms with E-state index >= 15 is 0 Å². The largest absolute Gasteiger partial charge is 0.494 e. The number of nitrogens with one attached hydrogen (secondary N) is 3. The zero-order valence-electron chi connectivity index (χ0n) is 19.7. The van der Waals surface area contributed by atoms with Crippen LogP contribution in [-0.2, 0) is 22.7 Å². The van der Waals surface area contributed by atoms with Crippen molar-refractivity contribution in [2.75, 3.05) is 36.3 Å². The van der Waals surface area contributed by atoms with Crippen LogP contribution in [0, 0.1) is 5.41 Å². The Morgan fingerprint density at radius 1 is 1.36 bits per heavy atom. The van der Waals surface area contributed by atoms with Crippen molar-refractivity contribution in [1.82, 2.24) is 20.2 Å². The standard InChI is InChI=1S/C23H27N7O4S2/c1-34-18-9-16(25)13(10-24)7-17(18)29-21-20-15-4-3-14(8-19(15)35-22(20)27-11-26-21)28-23(31)30-5-2-6-36(32,33)12-30/h7,9-11,14,24H,2-6,8,12,25H2,1H3,(H,28,31)(H,26,27,29). The van der Waals surface area contributed by atoms with Gasteiger partial charge in [0.1, 0.15) is 28.6 Å². The first-order chi connectivity index (χ1) is 17.3. The molecule has 3 aromatic rings. The zero-order chi connectivity index (χ0) is 25.4. The predicted molar refractivity (Wildman–Crippen MR) is 140 cm³/mol. The Balaban J connectivity index is 1.38. The normalized spacial score (nSPS) is 18.9. The Labute approximate surface area is 212 Å². The van der Waals surface area contributed by atoms with Crippen molar-refractivity contribution < 1.29 is 17.9 Å². The number of thiophene rings is 1. The average Bonchev–Trinajstić information content (AvgIpc) is 3.22. The Hall–Kier alpha value is -3.45. The number of hydrogen-bond acceptors (Lipinski definition) is 10. The van der Waals surface area contributed by atoms with Gasteiger partial charge in [-0.2, -0.15) is 0 Å². The number of fused-ring (bicyclic) bond motifs is 3. The number of sulfone groups is 1.